The Bertz CT molecular complexity index is 776. The molecule has 0 radical (unpaired) electrons. The molecule has 2 rings (SSSR count). The molecule has 0 aliphatic carbocycles. The van der Waals surface area contributed by atoms with Gasteiger partial charge in [-0.15, -0.1) is 0 Å². The number of carboxylic acid groups (broad SMARTS) is 1. The summed E-state index contributed by atoms with van der Waals surface area (Å²) in [6.45, 7) is 0. The van der Waals surface area contributed by atoms with Crippen molar-refractivity contribution in [3.63, 3.8) is 0 Å². The predicted molar refractivity (Wildman–Crippen MR) is 90.6 cm³/mol. The highest BCUT2D eigenvalue weighted by Gasteiger charge is 2.13. The molecular weight excluding hydrogens is 308 g/mol. The molecule has 0 aliphatic rings. The molecule has 2 aromatic carbocycles. The van der Waals surface area contributed by atoms with Crippen molar-refractivity contribution in [3.05, 3.63) is 77.6 Å². The number of carbonyl (C=O) groups is 2. The summed E-state index contributed by atoms with van der Waals surface area (Å²) in [7, 11) is 1.43. The summed E-state index contributed by atoms with van der Waals surface area (Å²) in [5.74, 6) is -1.31. The molecule has 1 N–H and O–H groups in total. The molecule has 24 heavy (non-hydrogen) atoms. The van der Waals surface area contributed by atoms with E-state index in [0.717, 1.165) is 11.6 Å². The van der Waals surface area contributed by atoms with Crippen molar-refractivity contribution in [1.29, 1.82) is 0 Å². The van der Waals surface area contributed by atoms with Crippen LogP contribution in [0.3, 0.4) is 0 Å². The minimum atomic E-state index is -1.05. The minimum Gasteiger partial charge on any atom is -0.496 e. The van der Waals surface area contributed by atoms with Crippen molar-refractivity contribution in [2.45, 2.75) is 0 Å². The lowest BCUT2D eigenvalue weighted by atomic mass is 10.1. The van der Waals surface area contributed by atoms with Crippen LogP contribution >= 0.6 is 0 Å². The third-order valence-corrected chi connectivity index (χ3v) is 3.10. The number of methoxy groups -OCH3 is 1. The number of aliphatic carboxylic acids is 1. The molecular formula is C19H16O5. The molecule has 0 unspecified atom stereocenters. The normalized spacial score (nSPS) is 10.9. The lowest BCUT2D eigenvalue weighted by Gasteiger charge is -2.07. The number of hydrogen-bond acceptors (Lipinski definition) is 4. The summed E-state index contributed by atoms with van der Waals surface area (Å²) in [6, 6.07) is 14.1. The Labute approximate surface area is 139 Å². The molecule has 0 aliphatic heterocycles. The number of carbonyl (C=O) groups excluding carboxylic acids is 1. The molecule has 0 atom stereocenters. The topological polar surface area (TPSA) is 72.8 Å². The smallest absolute Gasteiger partial charge is 0.346 e. The Morgan fingerprint density at radius 1 is 1.00 bits per heavy atom. The molecule has 0 spiro atoms. The second-order valence-electron chi connectivity index (χ2n) is 4.75. The van der Waals surface area contributed by atoms with E-state index in [-0.39, 0.29) is 5.56 Å². The molecule has 0 heterocycles. The van der Waals surface area contributed by atoms with Crippen LogP contribution in [-0.2, 0) is 9.53 Å². The SMILES string of the molecule is COc1cc(/C=C/C(=O)O)ccc1C(=O)O/C=C/c1ccccc1. The number of carboxylic acids is 1. The van der Waals surface area contributed by atoms with Gasteiger partial charge in [-0.2, -0.15) is 0 Å². The molecule has 0 bridgehead atoms. The Morgan fingerprint density at radius 3 is 2.42 bits per heavy atom. The number of esters is 1. The van der Waals surface area contributed by atoms with Crippen LogP contribution in [0.25, 0.3) is 12.2 Å². The minimum absolute atomic E-state index is 0.252. The van der Waals surface area contributed by atoms with Gasteiger partial charge in [-0.25, -0.2) is 9.59 Å². The molecule has 0 saturated carbocycles. The van der Waals surface area contributed by atoms with Gasteiger partial charge in [0, 0.05) is 6.08 Å². The quantitative estimate of drug-likeness (QED) is 0.499. The Balaban J connectivity index is 2.11. The second kappa shape index (κ2) is 8.33. The van der Waals surface area contributed by atoms with Crippen molar-refractivity contribution >= 4 is 24.1 Å². The van der Waals surface area contributed by atoms with Crippen LogP contribution in [0.1, 0.15) is 21.5 Å². The van der Waals surface area contributed by atoms with E-state index < -0.39 is 11.9 Å². The average molecular weight is 324 g/mol. The molecule has 5 nitrogen and oxygen atoms in total. The molecule has 0 aromatic heterocycles. The summed E-state index contributed by atoms with van der Waals surface area (Å²) >= 11 is 0. The standard InChI is InChI=1S/C19H16O5/c1-23-17-13-15(8-10-18(20)21)7-9-16(17)19(22)24-12-11-14-5-3-2-4-6-14/h2-13H,1H3,(H,20,21)/b10-8+,12-11+. The van der Waals surface area contributed by atoms with E-state index in [0.29, 0.717) is 11.3 Å². The molecule has 122 valence electrons. The highest BCUT2D eigenvalue weighted by atomic mass is 16.5. The van der Waals surface area contributed by atoms with Gasteiger partial charge in [-0.1, -0.05) is 36.4 Å². The Morgan fingerprint density at radius 2 is 1.75 bits per heavy atom. The van der Waals surface area contributed by atoms with Crippen LogP contribution < -0.4 is 4.74 Å². The van der Waals surface area contributed by atoms with Gasteiger partial charge in [0.1, 0.15) is 11.3 Å². The maximum absolute atomic E-state index is 12.1. The van der Waals surface area contributed by atoms with Gasteiger partial charge in [0.2, 0.25) is 0 Å². The summed E-state index contributed by atoms with van der Waals surface area (Å²) in [4.78, 5) is 22.7. The van der Waals surface area contributed by atoms with Gasteiger partial charge in [0.15, 0.2) is 0 Å². The number of rotatable bonds is 6. The van der Waals surface area contributed by atoms with Crippen LogP contribution in [0.2, 0.25) is 0 Å². The van der Waals surface area contributed by atoms with Gasteiger partial charge >= 0.3 is 11.9 Å². The molecule has 5 heteroatoms. The van der Waals surface area contributed by atoms with E-state index in [9.17, 15) is 9.59 Å². The summed E-state index contributed by atoms with van der Waals surface area (Å²) in [5.41, 5.74) is 1.76. The largest absolute Gasteiger partial charge is 0.496 e. The Kier molecular flexibility index (Phi) is 5.91. The van der Waals surface area contributed by atoms with Gasteiger partial charge in [0.25, 0.3) is 0 Å². The highest BCUT2D eigenvalue weighted by molar-refractivity contribution is 5.94. The first-order valence-electron chi connectivity index (χ1n) is 7.12. The fourth-order valence-corrected chi connectivity index (χ4v) is 1.95. The van der Waals surface area contributed by atoms with Crippen LogP contribution in [0.15, 0.2) is 60.9 Å². The fraction of sp³-hybridized carbons (Fsp3) is 0.0526. The lowest BCUT2D eigenvalue weighted by Crippen LogP contribution is -2.03. The monoisotopic (exact) mass is 324 g/mol. The molecule has 0 fully saturated rings. The summed E-state index contributed by atoms with van der Waals surface area (Å²) in [5, 5.41) is 8.64. The zero-order valence-corrected chi connectivity index (χ0v) is 13.0. The van der Waals surface area contributed by atoms with E-state index in [1.807, 2.05) is 30.3 Å². The van der Waals surface area contributed by atoms with Gasteiger partial charge < -0.3 is 14.6 Å². The third-order valence-electron chi connectivity index (χ3n) is 3.10. The lowest BCUT2D eigenvalue weighted by molar-refractivity contribution is -0.131. The van der Waals surface area contributed by atoms with Crippen LogP contribution in [0.4, 0.5) is 0 Å². The van der Waals surface area contributed by atoms with Gasteiger partial charge in [-0.3, -0.25) is 0 Å². The van der Waals surface area contributed by atoms with Crippen LogP contribution in [0.5, 0.6) is 5.75 Å². The van der Waals surface area contributed by atoms with Crippen molar-refractivity contribution in [2.24, 2.45) is 0 Å². The van der Waals surface area contributed by atoms with E-state index in [2.05, 4.69) is 0 Å². The van der Waals surface area contributed by atoms with E-state index in [1.165, 1.54) is 25.5 Å². The molecule has 2 aromatic rings. The van der Waals surface area contributed by atoms with Crippen molar-refractivity contribution in [2.75, 3.05) is 7.11 Å². The van der Waals surface area contributed by atoms with Crippen molar-refractivity contribution < 1.29 is 24.2 Å². The summed E-state index contributed by atoms with van der Waals surface area (Å²) < 4.78 is 10.3. The van der Waals surface area contributed by atoms with Crippen LogP contribution in [0, 0.1) is 0 Å². The maximum atomic E-state index is 12.1. The van der Waals surface area contributed by atoms with E-state index in [4.69, 9.17) is 14.6 Å². The summed E-state index contributed by atoms with van der Waals surface area (Å²) in [6.07, 6.45) is 5.41. The first-order chi connectivity index (χ1) is 11.6. The van der Waals surface area contributed by atoms with E-state index in [1.54, 1.807) is 18.2 Å². The molecule has 0 saturated heterocycles. The first-order valence-corrected chi connectivity index (χ1v) is 7.12. The number of hydrogen-bond donors (Lipinski definition) is 1. The second-order valence-corrected chi connectivity index (χ2v) is 4.75. The third kappa shape index (κ3) is 4.84. The predicted octanol–water partition coefficient (Wildman–Crippen LogP) is 3.62. The first kappa shape index (κ1) is 17.0. The zero-order valence-electron chi connectivity index (χ0n) is 13.0. The average Bonchev–Trinajstić information content (AvgIpc) is 2.60. The molecule has 0 amide bonds. The van der Waals surface area contributed by atoms with Crippen molar-refractivity contribution in [3.8, 4) is 5.75 Å². The van der Waals surface area contributed by atoms with E-state index >= 15 is 0 Å². The zero-order chi connectivity index (χ0) is 17.4. The maximum Gasteiger partial charge on any atom is 0.346 e. The highest BCUT2D eigenvalue weighted by Crippen LogP contribution is 2.22. The Hall–Kier alpha value is -3.34. The van der Waals surface area contributed by atoms with Crippen LogP contribution in [-0.4, -0.2) is 24.2 Å². The van der Waals surface area contributed by atoms with Gasteiger partial charge in [-0.05, 0) is 35.4 Å². The van der Waals surface area contributed by atoms with Gasteiger partial charge in [0.05, 0.1) is 13.4 Å². The number of benzene rings is 2. The fourth-order valence-electron chi connectivity index (χ4n) is 1.95. The van der Waals surface area contributed by atoms with Crippen molar-refractivity contribution in [1.82, 2.24) is 0 Å². The number of ether oxygens (including phenoxy) is 2.